The van der Waals surface area contributed by atoms with Crippen molar-refractivity contribution in [2.75, 3.05) is 38.8 Å². The molecular weight excluding hydrogens is 280 g/mol. The molecule has 2 heterocycles. The van der Waals surface area contributed by atoms with Gasteiger partial charge in [-0.3, -0.25) is 0 Å². The van der Waals surface area contributed by atoms with Gasteiger partial charge in [0.1, 0.15) is 17.1 Å². The van der Waals surface area contributed by atoms with E-state index in [0.717, 1.165) is 35.3 Å². The summed E-state index contributed by atoms with van der Waals surface area (Å²) in [6, 6.07) is 9.88. The summed E-state index contributed by atoms with van der Waals surface area (Å²) in [6.45, 7) is 2.28. The number of ether oxygens (including phenoxy) is 2. The van der Waals surface area contributed by atoms with Crippen molar-refractivity contribution in [2.45, 2.75) is 12.8 Å². The van der Waals surface area contributed by atoms with Gasteiger partial charge in [0.05, 0.1) is 13.7 Å². The molecule has 22 heavy (non-hydrogen) atoms. The Bertz CT molecular complexity index is 639. The van der Waals surface area contributed by atoms with Gasteiger partial charge in [-0.1, -0.05) is 12.1 Å². The number of methoxy groups -OCH3 is 1. The zero-order valence-electron chi connectivity index (χ0n) is 12.8. The molecule has 118 valence electrons. The minimum absolute atomic E-state index is 0.115. The van der Waals surface area contributed by atoms with Crippen molar-refractivity contribution in [3.8, 4) is 5.75 Å². The monoisotopic (exact) mass is 302 g/mol. The van der Waals surface area contributed by atoms with Gasteiger partial charge in [-0.05, 0) is 31.0 Å². The number of aliphatic hydroxyl groups excluding tert-OH is 1. The summed E-state index contributed by atoms with van der Waals surface area (Å²) in [5.74, 6) is 1.57. The lowest BCUT2D eigenvalue weighted by Gasteiger charge is -2.35. The molecule has 0 saturated carbocycles. The van der Waals surface area contributed by atoms with Crippen LogP contribution in [0.15, 0.2) is 30.3 Å². The molecule has 5 heteroatoms. The molecule has 0 radical (unpaired) electrons. The maximum Gasteiger partial charge on any atom is 0.145 e. The van der Waals surface area contributed by atoms with Gasteiger partial charge in [-0.2, -0.15) is 0 Å². The highest BCUT2D eigenvalue weighted by molar-refractivity contribution is 5.85. The molecule has 1 aliphatic rings. The summed E-state index contributed by atoms with van der Waals surface area (Å²) < 4.78 is 10.8. The number of para-hydroxylation sites is 1. The highest BCUT2D eigenvalue weighted by Gasteiger charge is 2.31. The second-order valence-corrected chi connectivity index (χ2v) is 5.85. The van der Waals surface area contributed by atoms with Crippen molar-refractivity contribution in [3.05, 3.63) is 30.3 Å². The number of fused-ring (bicyclic) bond motifs is 1. The van der Waals surface area contributed by atoms with E-state index in [1.807, 2.05) is 30.3 Å². The molecule has 2 aromatic rings. The van der Waals surface area contributed by atoms with Crippen molar-refractivity contribution in [3.63, 3.8) is 0 Å². The number of rotatable bonds is 5. The van der Waals surface area contributed by atoms with E-state index in [2.05, 4.69) is 10.3 Å². The van der Waals surface area contributed by atoms with Crippen molar-refractivity contribution in [2.24, 2.45) is 5.41 Å². The number of aliphatic hydroxyl groups is 1. The normalized spacial score (nSPS) is 17.4. The third-order valence-corrected chi connectivity index (χ3v) is 4.44. The summed E-state index contributed by atoms with van der Waals surface area (Å²) in [7, 11) is 1.65. The van der Waals surface area contributed by atoms with E-state index in [1.165, 1.54) is 0 Å². The first-order valence-corrected chi connectivity index (χ1v) is 7.63. The van der Waals surface area contributed by atoms with Crippen LogP contribution in [0, 0.1) is 5.41 Å². The lowest BCUT2D eigenvalue weighted by atomic mass is 9.81. The van der Waals surface area contributed by atoms with Crippen LogP contribution < -0.4 is 10.1 Å². The number of hydrogen-bond donors (Lipinski definition) is 2. The Morgan fingerprint density at radius 3 is 2.82 bits per heavy atom. The zero-order chi connectivity index (χ0) is 15.4. The highest BCUT2D eigenvalue weighted by Crippen LogP contribution is 2.31. The number of benzene rings is 1. The number of nitrogens with one attached hydrogen (secondary N) is 1. The molecule has 1 aromatic carbocycles. The molecule has 1 saturated heterocycles. The van der Waals surface area contributed by atoms with E-state index >= 15 is 0 Å². The maximum absolute atomic E-state index is 9.74. The molecule has 0 bridgehead atoms. The van der Waals surface area contributed by atoms with Crippen molar-refractivity contribution >= 4 is 16.7 Å². The third-order valence-electron chi connectivity index (χ3n) is 4.44. The van der Waals surface area contributed by atoms with Gasteiger partial charge < -0.3 is 19.9 Å². The maximum atomic E-state index is 9.74. The molecule has 3 rings (SSSR count). The van der Waals surface area contributed by atoms with Crippen molar-refractivity contribution in [1.29, 1.82) is 0 Å². The third kappa shape index (κ3) is 3.00. The average Bonchev–Trinajstić information content (AvgIpc) is 2.60. The SMILES string of the molecule is COc1cccc2ccc(NCC3(CO)CCOCC3)nc12. The van der Waals surface area contributed by atoms with Crippen LogP contribution in [0.2, 0.25) is 0 Å². The van der Waals surface area contributed by atoms with Gasteiger partial charge in [0.25, 0.3) is 0 Å². The largest absolute Gasteiger partial charge is 0.494 e. The van der Waals surface area contributed by atoms with Gasteiger partial charge in [0, 0.05) is 30.6 Å². The van der Waals surface area contributed by atoms with E-state index in [-0.39, 0.29) is 12.0 Å². The predicted octanol–water partition coefficient (Wildman–Crippen LogP) is 2.44. The molecule has 0 atom stereocenters. The summed E-state index contributed by atoms with van der Waals surface area (Å²) in [5, 5.41) is 14.2. The van der Waals surface area contributed by atoms with Crippen LogP contribution in [-0.2, 0) is 4.74 Å². The first kappa shape index (κ1) is 15.1. The smallest absolute Gasteiger partial charge is 0.145 e. The molecular formula is C17H22N2O3. The Kier molecular flexibility index (Phi) is 4.45. The van der Waals surface area contributed by atoms with Gasteiger partial charge in [-0.15, -0.1) is 0 Å². The molecule has 1 fully saturated rings. The fourth-order valence-electron chi connectivity index (χ4n) is 2.86. The molecule has 0 unspecified atom stereocenters. The summed E-state index contributed by atoms with van der Waals surface area (Å²) in [4.78, 5) is 4.65. The van der Waals surface area contributed by atoms with Crippen LogP contribution in [0.25, 0.3) is 10.9 Å². The summed E-state index contributed by atoms with van der Waals surface area (Å²) in [6.07, 6.45) is 1.74. The molecule has 0 amide bonds. The highest BCUT2D eigenvalue weighted by atomic mass is 16.5. The van der Waals surface area contributed by atoms with E-state index < -0.39 is 0 Å². The van der Waals surface area contributed by atoms with E-state index in [0.29, 0.717) is 19.8 Å². The van der Waals surface area contributed by atoms with E-state index in [1.54, 1.807) is 7.11 Å². The Morgan fingerprint density at radius 1 is 1.27 bits per heavy atom. The van der Waals surface area contributed by atoms with Gasteiger partial charge in [-0.25, -0.2) is 4.98 Å². The standard InChI is InChI=1S/C17H22N2O3/c1-21-14-4-2-3-13-5-6-15(19-16(13)14)18-11-17(12-20)7-9-22-10-8-17/h2-6,20H,7-12H2,1H3,(H,18,19). The molecule has 5 nitrogen and oxygen atoms in total. The number of pyridine rings is 1. The Labute approximate surface area is 130 Å². The Morgan fingerprint density at radius 2 is 2.09 bits per heavy atom. The number of nitrogens with zero attached hydrogens (tertiary/aromatic N) is 1. The van der Waals surface area contributed by atoms with Crippen molar-refractivity contribution in [1.82, 2.24) is 4.98 Å². The van der Waals surface area contributed by atoms with E-state index in [4.69, 9.17) is 9.47 Å². The second kappa shape index (κ2) is 6.50. The lowest BCUT2D eigenvalue weighted by Crippen LogP contribution is -2.39. The van der Waals surface area contributed by atoms with Crippen LogP contribution in [0.1, 0.15) is 12.8 Å². The minimum atomic E-state index is -0.115. The van der Waals surface area contributed by atoms with Crippen molar-refractivity contribution < 1.29 is 14.6 Å². The fourth-order valence-corrected chi connectivity index (χ4v) is 2.86. The van der Waals surface area contributed by atoms with Gasteiger partial charge >= 0.3 is 0 Å². The van der Waals surface area contributed by atoms with Crippen LogP contribution in [0.3, 0.4) is 0 Å². The van der Waals surface area contributed by atoms with Gasteiger partial charge in [0.15, 0.2) is 0 Å². The van der Waals surface area contributed by atoms with Crippen LogP contribution in [0.4, 0.5) is 5.82 Å². The predicted molar refractivity (Wildman–Crippen MR) is 86.4 cm³/mol. The van der Waals surface area contributed by atoms with Crippen LogP contribution >= 0.6 is 0 Å². The van der Waals surface area contributed by atoms with Crippen LogP contribution in [-0.4, -0.2) is 43.6 Å². The summed E-state index contributed by atoms with van der Waals surface area (Å²) in [5.41, 5.74) is 0.732. The van der Waals surface area contributed by atoms with Gasteiger partial charge in [0.2, 0.25) is 0 Å². The van der Waals surface area contributed by atoms with E-state index in [9.17, 15) is 5.11 Å². The summed E-state index contributed by atoms with van der Waals surface area (Å²) >= 11 is 0. The zero-order valence-corrected chi connectivity index (χ0v) is 12.8. The molecule has 1 aromatic heterocycles. The van der Waals surface area contributed by atoms with Crippen LogP contribution in [0.5, 0.6) is 5.75 Å². The second-order valence-electron chi connectivity index (χ2n) is 5.85. The fraction of sp³-hybridized carbons (Fsp3) is 0.471. The molecule has 0 spiro atoms. The molecule has 2 N–H and O–H groups in total. The average molecular weight is 302 g/mol. The Balaban J connectivity index is 1.79. The lowest BCUT2D eigenvalue weighted by molar-refractivity contribution is -0.00861. The minimum Gasteiger partial charge on any atom is -0.494 e. The number of aromatic nitrogens is 1. The first-order chi connectivity index (χ1) is 10.8. The topological polar surface area (TPSA) is 63.6 Å². The number of anilines is 1. The number of hydrogen-bond acceptors (Lipinski definition) is 5. The Hall–Kier alpha value is -1.85. The quantitative estimate of drug-likeness (QED) is 0.888. The molecule has 1 aliphatic heterocycles. The first-order valence-electron chi connectivity index (χ1n) is 7.63. The molecule has 0 aliphatic carbocycles.